The third-order valence-electron chi connectivity index (χ3n) is 3.20. The third-order valence-corrected chi connectivity index (χ3v) is 3.20. The Hall–Kier alpha value is -2.19. The molecule has 0 spiro atoms. The van der Waals surface area contributed by atoms with Crippen molar-refractivity contribution in [3.8, 4) is 5.75 Å². The van der Waals surface area contributed by atoms with Gasteiger partial charge in [-0.15, -0.1) is 0 Å². The molecule has 0 fully saturated rings. The minimum Gasteiger partial charge on any atom is -0.491 e. The maximum Gasteiger partial charge on any atom is 0.206 e. The van der Waals surface area contributed by atoms with E-state index in [1.165, 1.54) is 0 Å². The lowest BCUT2D eigenvalue weighted by atomic mass is 9.61. The van der Waals surface area contributed by atoms with E-state index in [1.54, 1.807) is 0 Å². The van der Waals surface area contributed by atoms with Crippen LogP contribution in [0.4, 0.5) is 30.7 Å². The highest BCUT2D eigenvalue weighted by Crippen LogP contribution is 2.24. The summed E-state index contributed by atoms with van der Waals surface area (Å²) in [6, 6.07) is 0.168. The van der Waals surface area contributed by atoms with Gasteiger partial charge < -0.3 is 4.74 Å². The van der Waals surface area contributed by atoms with E-state index >= 15 is 0 Å². The van der Waals surface area contributed by atoms with Gasteiger partial charge in [-0.05, 0) is 23.4 Å². The minimum atomic E-state index is -2.05. The monoisotopic (exact) mass is 335 g/mol. The van der Waals surface area contributed by atoms with Crippen LogP contribution in [-0.2, 0) is 0 Å². The van der Waals surface area contributed by atoms with E-state index in [2.05, 4.69) is 4.74 Å². The number of benzene rings is 2. The summed E-state index contributed by atoms with van der Waals surface area (Å²) in [7, 11) is 1.22. The first-order valence-electron chi connectivity index (χ1n) is 6.09. The van der Waals surface area contributed by atoms with Gasteiger partial charge in [0.15, 0.2) is 34.8 Å². The minimum absolute atomic E-state index is 0.168. The molecule has 0 unspecified atom stereocenters. The molecule has 1 radical (unpaired) electrons. The van der Waals surface area contributed by atoms with Gasteiger partial charge in [0, 0.05) is 6.07 Å². The van der Waals surface area contributed by atoms with Crippen molar-refractivity contribution in [1.29, 1.82) is 0 Å². The molecule has 0 aliphatic heterocycles. The van der Waals surface area contributed by atoms with Crippen molar-refractivity contribution in [2.24, 2.45) is 0 Å². The highest BCUT2D eigenvalue weighted by atomic mass is 19.2. The molecule has 0 aromatic heterocycles. The normalized spacial score (nSPS) is 10.8. The van der Waals surface area contributed by atoms with Crippen molar-refractivity contribution < 1.29 is 35.5 Å². The first-order valence-corrected chi connectivity index (χ1v) is 6.09. The molecule has 0 N–H and O–H groups in total. The van der Waals surface area contributed by atoms with Gasteiger partial charge in [-0.2, -0.15) is 4.39 Å². The van der Waals surface area contributed by atoms with Gasteiger partial charge in [0.2, 0.25) is 13.1 Å². The molecule has 0 aliphatic carbocycles. The van der Waals surface area contributed by atoms with Crippen LogP contribution >= 0.6 is 0 Å². The summed E-state index contributed by atoms with van der Waals surface area (Å²) in [4.78, 5) is 0. The quantitative estimate of drug-likeness (QED) is 0.363. The lowest BCUT2D eigenvalue weighted by Crippen LogP contribution is -2.38. The van der Waals surface area contributed by atoms with Crippen molar-refractivity contribution in [2.75, 3.05) is 7.11 Å². The number of ether oxygens (including phenoxy) is 1. The molecule has 1 nitrogen and oxygen atoms in total. The zero-order valence-electron chi connectivity index (χ0n) is 11.7. The van der Waals surface area contributed by atoms with Crippen LogP contribution in [0.2, 0.25) is 0 Å². The topological polar surface area (TPSA) is 9.23 Å². The van der Waals surface area contributed by atoms with E-state index in [0.717, 1.165) is 14.0 Å². The predicted molar refractivity (Wildman–Crippen MR) is 68.9 cm³/mol. The Morgan fingerprint density at radius 1 is 0.739 bits per heavy atom. The summed E-state index contributed by atoms with van der Waals surface area (Å²) in [6.45, 7) is 0.959. The van der Waals surface area contributed by atoms with Crippen LogP contribution in [0.1, 0.15) is 5.56 Å². The molecule has 23 heavy (non-hydrogen) atoms. The van der Waals surface area contributed by atoms with Crippen molar-refractivity contribution >= 4 is 18.2 Å². The summed E-state index contributed by atoms with van der Waals surface area (Å²) < 4.78 is 99.0. The van der Waals surface area contributed by atoms with Crippen LogP contribution in [-0.4, -0.2) is 14.4 Å². The summed E-state index contributed by atoms with van der Waals surface area (Å²) in [6.07, 6.45) is 0. The molecule has 0 saturated heterocycles. The van der Waals surface area contributed by atoms with Gasteiger partial charge in [-0.3, -0.25) is 0 Å². The summed E-state index contributed by atoms with van der Waals surface area (Å²) in [5.74, 6) is -13.0. The molecule has 2 rings (SSSR count). The van der Waals surface area contributed by atoms with Gasteiger partial charge in [-0.1, -0.05) is 0 Å². The molecule has 2 aromatic carbocycles. The molecule has 2 aromatic rings. The Bertz CT molecular complexity index is 792. The molecule has 0 atom stereocenters. The number of hydrogen-bond acceptors (Lipinski definition) is 1. The maximum atomic E-state index is 14.0. The lowest BCUT2D eigenvalue weighted by Gasteiger charge is -2.13. The molecular formula is C14H7BF7O. The van der Waals surface area contributed by atoms with Crippen LogP contribution in [0.3, 0.4) is 0 Å². The Labute approximate surface area is 126 Å². The number of hydrogen-bond donors (Lipinski definition) is 0. The highest BCUT2D eigenvalue weighted by Gasteiger charge is 2.28. The van der Waals surface area contributed by atoms with Gasteiger partial charge in [-0.25, -0.2) is 26.3 Å². The van der Waals surface area contributed by atoms with E-state index in [-0.39, 0.29) is 6.07 Å². The second-order valence-electron chi connectivity index (χ2n) is 4.54. The van der Waals surface area contributed by atoms with Crippen LogP contribution < -0.4 is 15.7 Å². The first kappa shape index (κ1) is 17.2. The molecule has 0 aliphatic rings. The average Bonchev–Trinajstić information content (AvgIpc) is 2.50. The zero-order chi connectivity index (χ0) is 17.5. The Balaban J connectivity index is 2.67. The van der Waals surface area contributed by atoms with Crippen molar-refractivity contribution in [3.63, 3.8) is 0 Å². The van der Waals surface area contributed by atoms with E-state index in [9.17, 15) is 30.7 Å². The van der Waals surface area contributed by atoms with Crippen LogP contribution in [0.25, 0.3) is 0 Å². The summed E-state index contributed by atoms with van der Waals surface area (Å²) >= 11 is 0. The van der Waals surface area contributed by atoms with Crippen molar-refractivity contribution in [2.45, 2.75) is 6.92 Å². The van der Waals surface area contributed by atoms with Gasteiger partial charge >= 0.3 is 0 Å². The van der Waals surface area contributed by atoms with E-state index in [0.29, 0.717) is 7.28 Å². The molecule has 9 heteroatoms. The molecule has 121 valence electrons. The number of halogens is 7. The second kappa shape index (κ2) is 6.13. The fraction of sp³-hybridized carbons (Fsp3) is 0.143. The lowest BCUT2D eigenvalue weighted by molar-refractivity contribution is 0.338. The summed E-state index contributed by atoms with van der Waals surface area (Å²) in [5, 5.41) is 0. The number of rotatable bonds is 3. The SMILES string of the molecule is COc1c(F)c(F)c(F)c([B]c2c(F)cc(F)c(F)c2C)c1F. The second-order valence-corrected chi connectivity index (χ2v) is 4.54. The Morgan fingerprint density at radius 3 is 1.91 bits per heavy atom. The van der Waals surface area contributed by atoms with E-state index in [1.807, 2.05) is 0 Å². The summed E-state index contributed by atoms with van der Waals surface area (Å²) in [5.41, 5.74) is -2.49. The fourth-order valence-corrected chi connectivity index (χ4v) is 1.99. The largest absolute Gasteiger partial charge is 0.491 e. The molecular weight excluding hydrogens is 328 g/mol. The smallest absolute Gasteiger partial charge is 0.206 e. The number of methoxy groups -OCH3 is 1. The highest BCUT2D eigenvalue weighted by molar-refractivity contribution is 6.68. The van der Waals surface area contributed by atoms with E-state index in [4.69, 9.17) is 0 Å². The standard InChI is InChI=1S/C14H7BF7O/c1-4-7(5(16)3-6(17)9(4)18)15-8-10(19)12(21)13(22)14(23-2)11(8)20/h3H,1-2H3. The van der Waals surface area contributed by atoms with Crippen LogP contribution in [0.5, 0.6) is 5.75 Å². The first-order chi connectivity index (χ1) is 10.7. The van der Waals surface area contributed by atoms with Gasteiger partial charge in [0.1, 0.15) is 5.82 Å². The Kier molecular flexibility index (Phi) is 4.58. The fourth-order valence-electron chi connectivity index (χ4n) is 1.99. The van der Waals surface area contributed by atoms with Crippen LogP contribution in [0.15, 0.2) is 6.07 Å². The van der Waals surface area contributed by atoms with Crippen molar-refractivity contribution in [3.05, 3.63) is 52.4 Å². The zero-order valence-corrected chi connectivity index (χ0v) is 11.7. The third kappa shape index (κ3) is 2.75. The Morgan fingerprint density at radius 2 is 1.35 bits per heavy atom. The maximum absolute atomic E-state index is 14.0. The molecule has 0 saturated carbocycles. The molecule has 0 heterocycles. The van der Waals surface area contributed by atoms with Crippen molar-refractivity contribution in [1.82, 2.24) is 0 Å². The van der Waals surface area contributed by atoms with Crippen LogP contribution in [0, 0.1) is 47.6 Å². The van der Waals surface area contributed by atoms with Gasteiger partial charge in [0.25, 0.3) is 0 Å². The van der Waals surface area contributed by atoms with Gasteiger partial charge in [0.05, 0.1) is 7.11 Å². The van der Waals surface area contributed by atoms with E-state index < -0.39 is 63.0 Å². The average molecular weight is 335 g/mol. The molecule has 0 bridgehead atoms. The molecule has 0 amide bonds. The predicted octanol–water partition coefficient (Wildman–Crippen LogP) is 2.63.